The van der Waals surface area contributed by atoms with Crippen LogP contribution in [0.2, 0.25) is 0 Å². The smallest absolute Gasteiger partial charge is 0.339 e. The van der Waals surface area contributed by atoms with Gasteiger partial charge in [-0.15, -0.1) is 0 Å². The van der Waals surface area contributed by atoms with Crippen molar-refractivity contribution in [2.75, 3.05) is 132 Å². The Kier molecular flexibility index (Phi) is 30.1. The minimum absolute atomic E-state index is 0.120. The molecule has 0 spiro atoms. The third-order valence-corrected chi connectivity index (χ3v) is 7.88. The minimum Gasteiger partial charge on any atom is -0.490 e. The van der Waals surface area contributed by atoms with Crippen LogP contribution >= 0.6 is 0 Å². The molecule has 1 aliphatic rings. The largest absolute Gasteiger partial charge is 0.490 e. The lowest BCUT2D eigenvalue weighted by Gasteiger charge is -2.20. The zero-order valence-corrected chi connectivity index (χ0v) is 31.2. The summed E-state index contributed by atoms with van der Waals surface area (Å²) in [5, 5.41) is 9.92. The van der Waals surface area contributed by atoms with Crippen molar-refractivity contribution in [2.24, 2.45) is 0 Å². The normalized spacial score (nSPS) is 20.3. The molecular weight excluding hydrogens is 664 g/mol. The molecule has 0 saturated carbocycles. The van der Waals surface area contributed by atoms with Crippen LogP contribution in [0.15, 0.2) is 18.2 Å². The summed E-state index contributed by atoms with van der Waals surface area (Å²) in [5.41, 5.74) is 1.16. The number of hydrogen-bond acceptors (Lipinski definition) is 12. The molecule has 1 unspecified atom stereocenters. The monoisotopic (exact) mass is 730 g/mol. The number of aryl methyl sites for hydroxylation is 1. The van der Waals surface area contributed by atoms with Gasteiger partial charge in [-0.05, 0) is 30.5 Å². The van der Waals surface area contributed by atoms with Crippen LogP contribution in [0.3, 0.4) is 0 Å². The lowest BCUT2D eigenvalue weighted by atomic mass is 10.0. The second-order valence-electron chi connectivity index (χ2n) is 12.1. The second-order valence-corrected chi connectivity index (χ2v) is 12.1. The number of aromatic carboxylic acids is 1. The van der Waals surface area contributed by atoms with Crippen LogP contribution in [0.25, 0.3) is 0 Å². The second kappa shape index (κ2) is 33.9. The maximum Gasteiger partial charge on any atom is 0.339 e. The van der Waals surface area contributed by atoms with E-state index in [9.17, 15) is 9.90 Å². The minimum atomic E-state index is -1.02. The third kappa shape index (κ3) is 26.5. The summed E-state index contributed by atoms with van der Waals surface area (Å²) in [6, 6.07) is 5.43. The summed E-state index contributed by atoms with van der Waals surface area (Å²) in [6.45, 7) is 10.7. The van der Waals surface area contributed by atoms with E-state index >= 15 is 0 Å². The Bertz CT molecular complexity index is 905. The van der Waals surface area contributed by atoms with E-state index in [1.54, 1.807) is 12.1 Å². The van der Waals surface area contributed by atoms with Gasteiger partial charge >= 0.3 is 5.97 Å². The summed E-state index contributed by atoms with van der Waals surface area (Å²) in [6.07, 6.45) is 10.3. The zero-order chi connectivity index (χ0) is 36.3. The van der Waals surface area contributed by atoms with Crippen LogP contribution in [-0.4, -0.2) is 149 Å². The fourth-order valence-corrected chi connectivity index (χ4v) is 5.06. The van der Waals surface area contributed by atoms with E-state index in [2.05, 4.69) is 6.92 Å². The number of benzene rings is 1. The predicted molar refractivity (Wildman–Crippen MR) is 192 cm³/mol. The number of carboxylic acids is 1. The van der Waals surface area contributed by atoms with Gasteiger partial charge in [0.05, 0.1) is 126 Å². The van der Waals surface area contributed by atoms with Crippen LogP contribution in [-0.2, 0) is 53.8 Å². The van der Waals surface area contributed by atoms with Crippen molar-refractivity contribution in [1.29, 1.82) is 0 Å². The Morgan fingerprint density at radius 2 is 1.00 bits per heavy atom. The number of carboxylic acid groups (broad SMARTS) is 1. The van der Waals surface area contributed by atoms with Gasteiger partial charge in [0.15, 0.2) is 0 Å². The summed E-state index contributed by atoms with van der Waals surface area (Å²) in [4.78, 5) is 12.1. The van der Waals surface area contributed by atoms with E-state index in [-0.39, 0.29) is 18.8 Å². The molecule has 0 aromatic heterocycles. The highest BCUT2D eigenvalue weighted by Gasteiger charge is 2.16. The maximum absolute atomic E-state index is 12.1. The average molecular weight is 731 g/mol. The summed E-state index contributed by atoms with van der Waals surface area (Å²) in [7, 11) is 0. The number of carbonyl (C=O) groups is 1. The van der Waals surface area contributed by atoms with Crippen molar-refractivity contribution in [3.8, 4) is 5.75 Å². The molecule has 1 aromatic carbocycles. The first-order valence-corrected chi connectivity index (χ1v) is 19.0. The van der Waals surface area contributed by atoms with E-state index in [1.165, 1.54) is 38.5 Å². The first-order valence-electron chi connectivity index (χ1n) is 19.0. The van der Waals surface area contributed by atoms with Crippen LogP contribution in [0, 0.1) is 0 Å². The summed E-state index contributed by atoms with van der Waals surface area (Å²) in [5.74, 6) is -0.707. The molecule has 2 rings (SSSR count). The zero-order valence-electron chi connectivity index (χ0n) is 31.2. The molecule has 0 bridgehead atoms. The molecule has 1 atom stereocenters. The van der Waals surface area contributed by atoms with Gasteiger partial charge in [-0.1, -0.05) is 57.9 Å². The van der Waals surface area contributed by atoms with Crippen molar-refractivity contribution in [2.45, 2.75) is 70.8 Å². The first-order chi connectivity index (χ1) is 25.2. The van der Waals surface area contributed by atoms with Crippen molar-refractivity contribution in [1.82, 2.24) is 0 Å². The van der Waals surface area contributed by atoms with Gasteiger partial charge in [0.2, 0.25) is 0 Å². The van der Waals surface area contributed by atoms with E-state index in [0.717, 1.165) is 24.8 Å². The Labute approximate surface area is 305 Å². The predicted octanol–water partition coefficient (Wildman–Crippen LogP) is 5.00. The Hall–Kier alpha value is -1.91. The number of ether oxygens (including phenoxy) is 11. The summed E-state index contributed by atoms with van der Waals surface area (Å²) >= 11 is 0. The van der Waals surface area contributed by atoms with Gasteiger partial charge < -0.3 is 57.2 Å². The number of unbranched alkanes of at least 4 members (excludes halogenated alkanes) is 7. The maximum atomic E-state index is 12.1. The standard InChI is InChI=1S/C38H66O13/c1-2-3-4-5-6-7-8-9-10-34-11-12-37(36(31-34)38(39)40)51-33-35-32-49-28-27-47-24-23-45-20-19-43-16-15-41-13-14-42-17-18-44-21-22-46-25-26-48-29-30-50-35/h11-12,31,35H,2-10,13-30,32-33H2,1H3,(H,39,40). The Balaban J connectivity index is 1.78. The molecule has 0 amide bonds. The molecule has 13 heteroatoms. The van der Waals surface area contributed by atoms with E-state index in [0.29, 0.717) is 125 Å². The highest BCUT2D eigenvalue weighted by Crippen LogP contribution is 2.22. The summed E-state index contributed by atoms with van der Waals surface area (Å²) < 4.78 is 62.2. The molecule has 13 nitrogen and oxygen atoms in total. The molecule has 0 radical (unpaired) electrons. The van der Waals surface area contributed by atoms with Crippen molar-refractivity contribution < 1.29 is 62.0 Å². The molecule has 296 valence electrons. The van der Waals surface area contributed by atoms with Crippen LogP contribution < -0.4 is 4.74 Å². The van der Waals surface area contributed by atoms with Crippen LogP contribution in [0.1, 0.15) is 74.2 Å². The van der Waals surface area contributed by atoms with Crippen molar-refractivity contribution >= 4 is 5.97 Å². The lowest BCUT2D eigenvalue weighted by Crippen LogP contribution is -2.30. The van der Waals surface area contributed by atoms with Crippen LogP contribution in [0.5, 0.6) is 5.75 Å². The molecule has 1 heterocycles. The quantitative estimate of drug-likeness (QED) is 0.273. The molecule has 1 fully saturated rings. The Morgan fingerprint density at radius 3 is 1.45 bits per heavy atom. The highest BCUT2D eigenvalue weighted by atomic mass is 16.6. The van der Waals surface area contributed by atoms with Gasteiger partial charge in [-0.25, -0.2) is 4.79 Å². The number of rotatable bonds is 13. The molecular formula is C38H66O13. The third-order valence-electron chi connectivity index (χ3n) is 7.88. The van der Waals surface area contributed by atoms with Crippen molar-refractivity contribution in [3.05, 3.63) is 29.3 Å². The Morgan fingerprint density at radius 1 is 0.588 bits per heavy atom. The average Bonchev–Trinajstić information content (AvgIpc) is 3.13. The number of hydrogen-bond donors (Lipinski definition) is 1. The molecule has 1 N–H and O–H groups in total. The van der Waals surface area contributed by atoms with Gasteiger partial charge in [0, 0.05) is 0 Å². The highest BCUT2D eigenvalue weighted by molar-refractivity contribution is 5.91. The molecule has 1 saturated heterocycles. The van der Waals surface area contributed by atoms with Crippen molar-refractivity contribution in [3.63, 3.8) is 0 Å². The van der Waals surface area contributed by atoms with Gasteiger partial charge in [0.25, 0.3) is 0 Å². The van der Waals surface area contributed by atoms with Crippen LogP contribution in [0.4, 0.5) is 0 Å². The fraction of sp³-hybridized carbons (Fsp3) is 0.816. The molecule has 51 heavy (non-hydrogen) atoms. The van der Waals surface area contributed by atoms with Gasteiger partial charge in [-0.3, -0.25) is 0 Å². The van der Waals surface area contributed by atoms with E-state index in [1.807, 2.05) is 6.07 Å². The molecule has 0 aliphatic carbocycles. The van der Waals surface area contributed by atoms with E-state index < -0.39 is 12.1 Å². The lowest BCUT2D eigenvalue weighted by molar-refractivity contribution is -0.0685. The molecule has 1 aliphatic heterocycles. The van der Waals surface area contributed by atoms with Gasteiger partial charge in [-0.2, -0.15) is 0 Å². The van der Waals surface area contributed by atoms with Gasteiger partial charge in [0.1, 0.15) is 24.0 Å². The first kappa shape index (κ1) is 45.2. The van der Waals surface area contributed by atoms with E-state index in [4.69, 9.17) is 52.1 Å². The molecule has 1 aromatic rings. The fourth-order valence-electron chi connectivity index (χ4n) is 5.06. The topological polar surface area (TPSA) is 139 Å². The SMILES string of the molecule is CCCCCCCCCCc1ccc(OCC2COCCOCCOCCOCCOCCOCCOCCOCCOCCO2)c(C(=O)O)c1.